The van der Waals surface area contributed by atoms with Gasteiger partial charge in [-0.3, -0.25) is 0 Å². The quantitative estimate of drug-likeness (QED) is 0.356. The Balaban J connectivity index is 0.000000855. The second-order valence-electron chi connectivity index (χ2n) is 9.79. The van der Waals surface area contributed by atoms with Crippen LogP contribution in [0.25, 0.3) is 4.98 Å². The molecule has 0 N–H and O–H groups in total. The summed E-state index contributed by atoms with van der Waals surface area (Å²) in [4.78, 5) is 11.1. The monoisotopic (exact) mass is 469 g/mol. The molecule has 3 aliphatic rings. The molecule has 0 amide bonds. The minimum atomic E-state index is -1.57. The van der Waals surface area contributed by atoms with Gasteiger partial charge in [0.25, 0.3) is 0 Å². The number of nitrogens with zero attached hydrogens (tertiary/aromatic N) is 3. The minimum absolute atomic E-state index is 0. The van der Waals surface area contributed by atoms with Crippen LogP contribution in [0.3, 0.4) is 0 Å². The average molecular weight is 470 g/mol. The van der Waals surface area contributed by atoms with E-state index in [2.05, 4.69) is 43.7 Å². The molecule has 0 spiro atoms. The molecule has 7 heteroatoms. The Kier molecular flexibility index (Phi) is 11.4. The van der Waals surface area contributed by atoms with Crippen molar-refractivity contribution in [2.24, 2.45) is 0 Å². The summed E-state index contributed by atoms with van der Waals surface area (Å²) in [6, 6.07) is 1.66. The van der Waals surface area contributed by atoms with Crippen LogP contribution in [0.1, 0.15) is 59.3 Å². The molecule has 3 nitrogen and oxygen atoms in total. The normalized spacial score (nSPS) is 30.0. The van der Waals surface area contributed by atoms with Gasteiger partial charge in [0.1, 0.15) is 0 Å². The topological polar surface area (TPSA) is 20.6 Å². The van der Waals surface area contributed by atoms with Gasteiger partial charge in [-0.15, -0.1) is 5.54 Å². The first-order chi connectivity index (χ1) is 12.2. The molecular formula is C20H41Cl2N3SiTi-2. The van der Waals surface area contributed by atoms with Gasteiger partial charge in [-0.05, 0) is 70.2 Å². The summed E-state index contributed by atoms with van der Waals surface area (Å²) >= 11 is -0.556. The summed E-state index contributed by atoms with van der Waals surface area (Å²) < 4.78 is 0. The Morgan fingerprint density at radius 1 is 0.889 bits per heavy atom. The first-order valence-electron chi connectivity index (χ1n) is 10.4. The van der Waals surface area contributed by atoms with Crippen molar-refractivity contribution in [2.75, 3.05) is 26.2 Å². The van der Waals surface area contributed by atoms with Gasteiger partial charge in [-0.2, -0.15) is 0 Å². The van der Waals surface area contributed by atoms with Crippen LogP contribution >= 0.6 is 18.6 Å². The SMILES string of the molecule is CC(C)(C)[N-][Si](C)(C)C1CC(N2CCCC2)CC1N1CCCC1.[CH3-].[Cl][Ti][Cl]. The summed E-state index contributed by atoms with van der Waals surface area (Å²) in [7, 11) is 8.21. The summed E-state index contributed by atoms with van der Waals surface area (Å²) in [6.07, 6.45) is 8.50. The van der Waals surface area contributed by atoms with Crippen LogP contribution in [-0.4, -0.2) is 61.8 Å². The zero-order chi connectivity index (χ0) is 19.4. The molecule has 0 aromatic rings. The molecule has 1 aliphatic carbocycles. The fraction of sp³-hybridized carbons (Fsp3) is 0.950. The first-order valence-corrected chi connectivity index (χ1v) is 17.7. The van der Waals surface area contributed by atoms with E-state index in [9.17, 15) is 0 Å². The molecule has 2 heterocycles. The molecule has 2 saturated heterocycles. The van der Waals surface area contributed by atoms with Crippen LogP contribution in [0.5, 0.6) is 0 Å². The van der Waals surface area contributed by atoms with E-state index >= 15 is 0 Å². The van der Waals surface area contributed by atoms with Gasteiger partial charge in [-0.25, -0.2) is 0 Å². The van der Waals surface area contributed by atoms with Crippen LogP contribution in [-0.2, 0) is 17.0 Å². The second kappa shape index (κ2) is 11.7. The van der Waals surface area contributed by atoms with Crippen molar-refractivity contribution in [3.8, 4) is 0 Å². The van der Waals surface area contributed by atoms with Gasteiger partial charge in [0.05, 0.1) is 0 Å². The number of likely N-dealkylation sites (tertiary alicyclic amines) is 2. The van der Waals surface area contributed by atoms with Crippen LogP contribution in [0.4, 0.5) is 0 Å². The zero-order valence-electron chi connectivity index (χ0n) is 18.4. The molecule has 0 aromatic carbocycles. The van der Waals surface area contributed by atoms with E-state index in [0.29, 0.717) is 0 Å². The fourth-order valence-corrected chi connectivity index (χ4v) is 9.61. The molecule has 3 rings (SSSR count). The molecule has 0 bridgehead atoms. The van der Waals surface area contributed by atoms with E-state index in [1.165, 1.54) is 64.7 Å². The van der Waals surface area contributed by atoms with Crippen molar-refractivity contribution in [1.29, 1.82) is 0 Å². The molecule has 1 saturated carbocycles. The predicted molar refractivity (Wildman–Crippen MR) is 121 cm³/mol. The second-order valence-corrected chi connectivity index (χ2v) is 16.6. The Hall–Kier alpha value is 1.39. The Bertz CT molecular complexity index is 422. The third kappa shape index (κ3) is 7.86. The van der Waals surface area contributed by atoms with E-state index in [1.807, 2.05) is 0 Å². The summed E-state index contributed by atoms with van der Waals surface area (Å²) in [5.41, 5.74) is 0.974. The molecule has 27 heavy (non-hydrogen) atoms. The van der Waals surface area contributed by atoms with Crippen LogP contribution in [0.15, 0.2) is 0 Å². The van der Waals surface area contributed by atoms with Crippen LogP contribution in [0, 0.1) is 7.43 Å². The van der Waals surface area contributed by atoms with Gasteiger partial charge in [-0.1, -0.05) is 42.1 Å². The molecule has 3 atom stereocenters. The van der Waals surface area contributed by atoms with E-state index in [1.54, 1.807) is 0 Å². The van der Waals surface area contributed by atoms with Crippen molar-refractivity contribution in [1.82, 2.24) is 9.80 Å². The summed E-state index contributed by atoms with van der Waals surface area (Å²) in [6.45, 7) is 17.3. The first kappa shape index (κ1) is 26.4. The van der Waals surface area contributed by atoms with E-state index in [4.69, 9.17) is 23.6 Å². The third-order valence-corrected chi connectivity index (χ3v) is 9.98. The predicted octanol–water partition coefficient (Wildman–Crippen LogP) is 6.28. The Labute approximate surface area is 187 Å². The van der Waals surface area contributed by atoms with Gasteiger partial charge in [0.2, 0.25) is 0 Å². The van der Waals surface area contributed by atoms with Gasteiger partial charge < -0.3 is 22.2 Å². The van der Waals surface area contributed by atoms with Crippen molar-refractivity contribution < 1.29 is 17.0 Å². The number of halogens is 2. The van der Waals surface area contributed by atoms with Gasteiger partial charge in [0.15, 0.2) is 0 Å². The van der Waals surface area contributed by atoms with E-state index in [-0.39, 0.29) is 13.0 Å². The van der Waals surface area contributed by atoms with Crippen molar-refractivity contribution >= 4 is 26.8 Å². The summed E-state index contributed by atoms with van der Waals surface area (Å²) in [5.74, 6) is 0. The number of rotatable bonds is 4. The molecule has 160 valence electrons. The van der Waals surface area contributed by atoms with Gasteiger partial charge >= 0.3 is 35.6 Å². The fourth-order valence-electron chi connectivity index (χ4n) is 5.58. The standard InChI is InChI=1S/C19H38N3Si.CH3.2ClH.Ti/c1-19(2,3)20-23(4,5)18-15-16(21-10-6-7-11-21)14-17(18)22-12-8-9-13-22;;;;/h16-18H,6-15H2,1-5H3;1H3;2*1H;/q2*-1;;;+2/p-2. The third-order valence-electron chi connectivity index (χ3n) is 6.30. The molecule has 2 aliphatic heterocycles. The molecular weight excluding hydrogens is 429 g/mol. The van der Waals surface area contributed by atoms with Crippen molar-refractivity contribution in [3.63, 3.8) is 0 Å². The van der Waals surface area contributed by atoms with Crippen molar-refractivity contribution in [3.05, 3.63) is 12.4 Å². The maximum atomic E-state index is 5.40. The molecule has 3 unspecified atom stereocenters. The number of hydrogen-bond donors (Lipinski definition) is 0. The molecule has 3 fully saturated rings. The summed E-state index contributed by atoms with van der Waals surface area (Å²) in [5, 5.41) is 0. The zero-order valence-corrected chi connectivity index (χ0v) is 22.5. The molecule has 0 aromatic heterocycles. The van der Waals surface area contributed by atoms with Gasteiger partial charge in [0, 0.05) is 12.1 Å². The van der Waals surface area contributed by atoms with Crippen LogP contribution in [0.2, 0.25) is 18.6 Å². The van der Waals surface area contributed by atoms with Crippen molar-refractivity contribution in [2.45, 2.75) is 95.6 Å². The van der Waals surface area contributed by atoms with E-state index in [0.717, 1.165) is 17.6 Å². The van der Waals surface area contributed by atoms with E-state index < -0.39 is 25.3 Å². The van der Waals surface area contributed by atoms with Crippen LogP contribution < -0.4 is 0 Å². The number of hydrogen-bond acceptors (Lipinski definition) is 2. The maximum absolute atomic E-state index is 5.40. The average Bonchev–Trinajstić information content (AvgIpc) is 3.26. The Morgan fingerprint density at radius 3 is 1.78 bits per heavy atom. The molecule has 0 radical (unpaired) electrons. The Morgan fingerprint density at radius 2 is 1.33 bits per heavy atom.